The van der Waals surface area contributed by atoms with Crippen LogP contribution in [0.3, 0.4) is 0 Å². The summed E-state index contributed by atoms with van der Waals surface area (Å²) in [5.41, 5.74) is -1.64. The summed E-state index contributed by atoms with van der Waals surface area (Å²) in [5, 5.41) is 9.11. The van der Waals surface area contributed by atoms with Gasteiger partial charge in [0.15, 0.2) is 0 Å². The lowest BCUT2D eigenvalue weighted by atomic mass is 10.1. The van der Waals surface area contributed by atoms with Gasteiger partial charge in [-0.2, -0.15) is 13.2 Å². The molecule has 0 saturated carbocycles. The van der Waals surface area contributed by atoms with Gasteiger partial charge in [0.1, 0.15) is 5.69 Å². The summed E-state index contributed by atoms with van der Waals surface area (Å²) in [5.74, 6) is -1.42. The number of aromatic carboxylic acids is 1. The van der Waals surface area contributed by atoms with Gasteiger partial charge in [-0.05, 0) is 37.1 Å². The third-order valence-electron chi connectivity index (χ3n) is 3.12. The van der Waals surface area contributed by atoms with E-state index in [0.29, 0.717) is 10.5 Å². The van der Waals surface area contributed by atoms with Crippen molar-refractivity contribution < 1.29 is 27.8 Å². The molecule has 1 aliphatic heterocycles. The van der Waals surface area contributed by atoms with Crippen LogP contribution in [0, 0.1) is 0 Å². The Bertz CT molecular complexity index is 707. The molecule has 2 heterocycles. The highest BCUT2D eigenvalue weighted by atomic mass is 79.9. The van der Waals surface area contributed by atoms with Crippen molar-refractivity contribution >= 4 is 32.8 Å². The topological polar surface area (TPSA) is 59.4 Å². The van der Waals surface area contributed by atoms with E-state index in [9.17, 15) is 18.0 Å². The maximum absolute atomic E-state index is 12.6. The molecule has 0 aliphatic carbocycles. The normalized spacial score (nSPS) is 14.4. The molecule has 4 nitrogen and oxygen atoms in total. The summed E-state index contributed by atoms with van der Waals surface area (Å²) in [6.07, 6.45) is -2.12. The lowest BCUT2D eigenvalue weighted by Gasteiger charge is -2.09. The first-order chi connectivity index (χ1) is 10.8. The minimum atomic E-state index is -4.68. The van der Waals surface area contributed by atoms with Gasteiger partial charge in [-0.3, -0.25) is 0 Å². The van der Waals surface area contributed by atoms with E-state index in [4.69, 9.17) is 9.84 Å². The summed E-state index contributed by atoms with van der Waals surface area (Å²) in [6.45, 7) is 2.00. The van der Waals surface area contributed by atoms with Crippen molar-refractivity contribution in [2.75, 3.05) is 13.2 Å². The fourth-order valence-electron chi connectivity index (χ4n) is 2.03. The van der Waals surface area contributed by atoms with Crippen LogP contribution in [0.1, 0.15) is 28.9 Å². The zero-order chi connectivity index (χ0) is 17.0. The lowest BCUT2D eigenvalue weighted by Crippen LogP contribution is -2.11. The maximum Gasteiger partial charge on any atom is 0.433 e. The van der Waals surface area contributed by atoms with Crippen LogP contribution in [0.25, 0.3) is 10.9 Å². The minimum absolute atomic E-state index is 0.00887. The number of benzene rings is 1. The quantitative estimate of drug-likeness (QED) is 0.776. The predicted molar refractivity (Wildman–Crippen MR) is 81.5 cm³/mol. The maximum atomic E-state index is 12.6. The fraction of sp³-hybridized carbons (Fsp3) is 0.333. The number of fused-ring (bicyclic) bond motifs is 1. The van der Waals surface area contributed by atoms with Crippen molar-refractivity contribution in [3.8, 4) is 0 Å². The molecule has 124 valence electrons. The monoisotopic (exact) mass is 391 g/mol. The summed E-state index contributed by atoms with van der Waals surface area (Å²) < 4.78 is 43.2. The summed E-state index contributed by atoms with van der Waals surface area (Å²) >= 11 is 3.13. The SMILES string of the molecule is C1CCOC1.O=C(O)c1cc(C(F)(F)F)nc2ccc(Br)cc12. The van der Waals surface area contributed by atoms with Gasteiger partial charge >= 0.3 is 12.1 Å². The van der Waals surface area contributed by atoms with E-state index in [1.807, 2.05) is 0 Å². The number of nitrogens with zero attached hydrogens (tertiary/aromatic N) is 1. The molecule has 8 heteroatoms. The van der Waals surface area contributed by atoms with Gasteiger partial charge in [0.25, 0.3) is 0 Å². The number of hydrogen-bond acceptors (Lipinski definition) is 3. The Morgan fingerprint density at radius 3 is 2.35 bits per heavy atom. The number of carboxylic acid groups (broad SMARTS) is 1. The van der Waals surface area contributed by atoms with Gasteiger partial charge < -0.3 is 9.84 Å². The number of alkyl halides is 3. The number of pyridine rings is 1. The van der Waals surface area contributed by atoms with E-state index in [1.54, 1.807) is 0 Å². The number of ether oxygens (including phenoxy) is 1. The Balaban J connectivity index is 0.000000326. The number of rotatable bonds is 1. The molecule has 3 rings (SSSR count). The van der Waals surface area contributed by atoms with Crippen molar-refractivity contribution in [1.82, 2.24) is 4.98 Å². The highest BCUT2D eigenvalue weighted by molar-refractivity contribution is 9.10. The molecule has 0 radical (unpaired) electrons. The zero-order valence-electron chi connectivity index (χ0n) is 11.9. The molecule has 0 unspecified atom stereocenters. The number of carbonyl (C=O) groups is 1. The Hall–Kier alpha value is -1.67. The largest absolute Gasteiger partial charge is 0.478 e. The molecule has 1 saturated heterocycles. The molecular weight excluding hydrogens is 379 g/mol. The van der Waals surface area contributed by atoms with Crippen molar-refractivity contribution in [1.29, 1.82) is 0 Å². The molecule has 23 heavy (non-hydrogen) atoms. The van der Waals surface area contributed by atoms with E-state index in [-0.39, 0.29) is 10.9 Å². The summed E-state index contributed by atoms with van der Waals surface area (Å²) in [7, 11) is 0. The van der Waals surface area contributed by atoms with Crippen LogP contribution in [0.5, 0.6) is 0 Å². The molecule has 0 spiro atoms. The van der Waals surface area contributed by atoms with Crippen LogP contribution >= 0.6 is 15.9 Å². The van der Waals surface area contributed by atoms with Gasteiger partial charge in [-0.15, -0.1) is 0 Å². The molecule has 0 bridgehead atoms. The number of halogens is 4. The van der Waals surface area contributed by atoms with Gasteiger partial charge in [0.05, 0.1) is 11.1 Å². The van der Waals surface area contributed by atoms with Gasteiger partial charge in [0, 0.05) is 23.1 Å². The van der Waals surface area contributed by atoms with Crippen molar-refractivity contribution in [2.45, 2.75) is 19.0 Å². The minimum Gasteiger partial charge on any atom is -0.478 e. The molecule has 1 fully saturated rings. The molecule has 0 amide bonds. The second kappa shape index (κ2) is 7.27. The van der Waals surface area contributed by atoms with Crippen LogP contribution < -0.4 is 0 Å². The first kappa shape index (κ1) is 17.7. The summed E-state index contributed by atoms with van der Waals surface area (Å²) in [4.78, 5) is 14.4. The highest BCUT2D eigenvalue weighted by Crippen LogP contribution is 2.31. The number of hydrogen-bond donors (Lipinski definition) is 1. The van der Waals surface area contributed by atoms with E-state index < -0.39 is 23.4 Å². The molecule has 1 N–H and O–H groups in total. The van der Waals surface area contributed by atoms with Crippen molar-refractivity contribution in [3.05, 3.63) is 40.0 Å². The smallest absolute Gasteiger partial charge is 0.433 e. The molecule has 0 atom stereocenters. The molecule has 2 aromatic rings. The Morgan fingerprint density at radius 1 is 1.22 bits per heavy atom. The molecule has 1 aromatic heterocycles. The molecule has 1 aromatic carbocycles. The third kappa shape index (κ3) is 4.65. The van der Waals surface area contributed by atoms with E-state index in [2.05, 4.69) is 20.9 Å². The van der Waals surface area contributed by atoms with Crippen LogP contribution in [-0.4, -0.2) is 29.3 Å². The summed E-state index contributed by atoms with van der Waals surface area (Å²) in [6, 6.07) is 4.80. The number of carboxylic acids is 1. The Labute approximate surface area is 138 Å². The standard InChI is InChI=1S/C11H5BrF3NO2.C4H8O/c12-5-1-2-8-6(3-5)7(10(17)18)4-9(16-8)11(13,14)15;1-2-4-5-3-1/h1-4H,(H,17,18);1-4H2. The predicted octanol–water partition coefficient (Wildman–Crippen LogP) is 4.51. The Kier molecular flexibility index (Phi) is 5.59. The molecule has 1 aliphatic rings. The van der Waals surface area contributed by atoms with Crippen LogP contribution in [0.4, 0.5) is 13.2 Å². The average molecular weight is 392 g/mol. The lowest BCUT2D eigenvalue weighted by molar-refractivity contribution is -0.140. The first-order valence-electron chi connectivity index (χ1n) is 6.77. The fourth-order valence-corrected chi connectivity index (χ4v) is 2.39. The molecular formula is C15H13BrF3NO3. The van der Waals surface area contributed by atoms with Crippen molar-refractivity contribution in [2.24, 2.45) is 0 Å². The zero-order valence-corrected chi connectivity index (χ0v) is 13.4. The second-order valence-electron chi connectivity index (χ2n) is 4.84. The second-order valence-corrected chi connectivity index (χ2v) is 5.75. The first-order valence-corrected chi connectivity index (χ1v) is 7.57. The van der Waals surface area contributed by atoms with Crippen LogP contribution in [0.15, 0.2) is 28.7 Å². The van der Waals surface area contributed by atoms with Gasteiger partial charge in [0.2, 0.25) is 0 Å². The third-order valence-corrected chi connectivity index (χ3v) is 3.61. The van der Waals surface area contributed by atoms with Crippen LogP contribution in [-0.2, 0) is 10.9 Å². The van der Waals surface area contributed by atoms with Crippen molar-refractivity contribution in [3.63, 3.8) is 0 Å². The van der Waals surface area contributed by atoms with Crippen LogP contribution in [0.2, 0.25) is 0 Å². The average Bonchev–Trinajstić information content (AvgIpc) is 3.04. The Morgan fingerprint density at radius 2 is 1.87 bits per heavy atom. The highest BCUT2D eigenvalue weighted by Gasteiger charge is 2.34. The van der Waals surface area contributed by atoms with Gasteiger partial charge in [-0.25, -0.2) is 9.78 Å². The van der Waals surface area contributed by atoms with E-state index >= 15 is 0 Å². The van der Waals surface area contributed by atoms with Gasteiger partial charge in [-0.1, -0.05) is 15.9 Å². The van der Waals surface area contributed by atoms with E-state index in [1.165, 1.54) is 31.0 Å². The number of aromatic nitrogens is 1. The van der Waals surface area contributed by atoms with E-state index in [0.717, 1.165) is 13.2 Å².